The van der Waals surface area contributed by atoms with Gasteiger partial charge in [-0.3, -0.25) is 14.8 Å². The zero-order chi connectivity index (χ0) is 18.7. The van der Waals surface area contributed by atoms with E-state index in [9.17, 15) is 9.59 Å². The summed E-state index contributed by atoms with van der Waals surface area (Å²) in [4.78, 5) is 35.2. The Morgan fingerprint density at radius 2 is 2.23 bits per heavy atom. The molecule has 1 aliphatic rings. The highest BCUT2D eigenvalue weighted by atomic mass is 16.1. The van der Waals surface area contributed by atoms with E-state index >= 15 is 0 Å². The topological polar surface area (TPSA) is 140 Å². The smallest absolute Gasteiger partial charge is 0.271 e. The maximum Gasteiger partial charge on any atom is 0.271 e. The molecular weight excluding hydrogens is 334 g/mol. The fourth-order valence-electron chi connectivity index (χ4n) is 2.52. The van der Waals surface area contributed by atoms with Gasteiger partial charge in [-0.1, -0.05) is 0 Å². The van der Waals surface area contributed by atoms with Gasteiger partial charge in [0.2, 0.25) is 0 Å². The number of pyridine rings is 1. The lowest BCUT2D eigenvalue weighted by molar-refractivity contribution is -0.108. The highest BCUT2D eigenvalue weighted by molar-refractivity contribution is 5.96. The highest BCUT2D eigenvalue weighted by Gasteiger charge is 2.25. The van der Waals surface area contributed by atoms with Crippen molar-refractivity contribution < 1.29 is 9.59 Å². The summed E-state index contributed by atoms with van der Waals surface area (Å²) in [6.07, 6.45) is 6.36. The van der Waals surface area contributed by atoms with Crippen LogP contribution in [0.4, 0.5) is 17.3 Å². The van der Waals surface area contributed by atoms with Gasteiger partial charge in [0.1, 0.15) is 6.29 Å². The molecular formula is C17H21N7O2. The van der Waals surface area contributed by atoms with Gasteiger partial charge in [-0.15, -0.1) is 0 Å². The van der Waals surface area contributed by atoms with E-state index in [-0.39, 0.29) is 24.0 Å². The van der Waals surface area contributed by atoms with Crippen molar-refractivity contribution in [3.8, 4) is 0 Å². The number of nitrogens with zero attached hydrogens (tertiary/aromatic N) is 4. The molecule has 2 heterocycles. The number of hydrazine groups is 1. The Kier molecular flexibility index (Phi) is 5.08. The molecule has 2 aromatic heterocycles. The van der Waals surface area contributed by atoms with Crippen molar-refractivity contribution in [3.63, 3.8) is 0 Å². The van der Waals surface area contributed by atoms with Crippen molar-refractivity contribution in [3.05, 3.63) is 35.9 Å². The average molecular weight is 355 g/mol. The summed E-state index contributed by atoms with van der Waals surface area (Å²) in [5.41, 5.74) is 7.15. The summed E-state index contributed by atoms with van der Waals surface area (Å²) < 4.78 is 0. The third-order valence-corrected chi connectivity index (χ3v) is 4.21. The molecule has 0 radical (unpaired) electrons. The van der Waals surface area contributed by atoms with Gasteiger partial charge >= 0.3 is 0 Å². The molecule has 0 aliphatic heterocycles. The van der Waals surface area contributed by atoms with Crippen molar-refractivity contribution in [2.45, 2.75) is 38.1 Å². The third-order valence-electron chi connectivity index (χ3n) is 4.21. The molecule has 3 rings (SSSR count). The summed E-state index contributed by atoms with van der Waals surface area (Å²) in [6.45, 7) is 1.79. The molecule has 1 atom stereocenters. The van der Waals surface area contributed by atoms with Crippen LogP contribution in [0, 0.1) is 0 Å². The Hall–Kier alpha value is -3.07. The van der Waals surface area contributed by atoms with Crippen LogP contribution >= 0.6 is 0 Å². The molecule has 1 aliphatic carbocycles. The molecule has 1 amide bonds. The molecule has 26 heavy (non-hydrogen) atoms. The Labute approximate surface area is 150 Å². The molecule has 0 bridgehead atoms. The summed E-state index contributed by atoms with van der Waals surface area (Å²) in [6, 6.07) is 3.43. The number of carbonyl (C=O) groups is 2. The van der Waals surface area contributed by atoms with Gasteiger partial charge in [0.15, 0.2) is 17.3 Å². The normalized spacial score (nSPS) is 14.5. The number of amides is 1. The monoisotopic (exact) mass is 355 g/mol. The first-order valence-electron chi connectivity index (χ1n) is 8.37. The Balaban J connectivity index is 1.90. The van der Waals surface area contributed by atoms with Gasteiger partial charge in [-0.05, 0) is 31.9 Å². The van der Waals surface area contributed by atoms with Crippen LogP contribution in [0.15, 0.2) is 24.5 Å². The summed E-state index contributed by atoms with van der Waals surface area (Å²) >= 11 is 0. The lowest BCUT2D eigenvalue weighted by atomic mass is 10.2. The molecule has 0 aromatic carbocycles. The molecule has 5 N–H and O–H groups in total. The minimum atomic E-state index is -0.701. The maximum absolute atomic E-state index is 11.7. The molecule has 0 unspecified atom stereocenters. The van der Waals surface area contributed by atoms with Gasteiger partial charge in [-0.2, -0.15) is 0 Å². The van der Waals surface area contributed by atoms with E-state index in [0.717, 1.165) is 30.5 Å². The quantitative estimate of drug-likeness (QED) is 0.365. The predicted molar refractivity (Wildman–Crippen MR) is 96.9 cm³/mol. The fraction of sp³-hybridized carbons (Fsp3) is 0.353. The van der Waals surface area contributed by atoms with Gasteiger partial charge in [-0.25, -0.2) is 15.8 Å². The number of carbonyl (C=O) groups excluding carboxylic acids is 2. The Bertz CT molecular complexity index is 823. The first kappa shape index (κ1) is 17.7. The number of hydrogen-bond donors (Lipinski definition) is 3. The van der Waals surface area contributed by atoms with Crippen molar-refractivity contribution in [2.75, 3.05) is 10.3 Å². The van der Waals surface area contributed by atoms with Crippen molar-refractivity contribution in [1.29, 1.82) is 0 Å². The minimum Gasteiger partial charge on any atom is -0.364 e. The summed E-state index contributed by atoms with van der Waals surface area (Å²) in [5, 5.41) is 4.41. The van der Waals surface area contributed by atoms with Crippen LogP contribution in [0.3, 0.4) is 0 Å². The lowest BCUT2D eigenvalue weighted by Gasteiger charge is -2.24. The molecule has 1 fully saturated rings. The number of anilines is 3. The third kappa shape index (κ3) is 3.94. The second-order valence-electron chi connectivity index (χ2n) is 6.32. The van der Waals surface area contributed by atoms with Crippen LogP contribution in [0.1, 0.15) is 48.3 Å². The predicted octanol–water partition coefficient (Wildman–Crippen LogP) is 1.25. The molecule has 1 saturated carbocycles. The zero-order valence-corrected chi connectivity index (χ0v) is 14.4. The molecule has 9 heteroatoms. The second kappa shape index (κ2) is 7.44. The highest BCUT2D eigenvalue weighted by Crippen LogP contribution is 2.39. The van der Waals surface area contributed by atoms with E-state index in [1.165, 1.54) is 11.2 Å². The maximum atomic E-state index is 11.7. The van der Waals surface area contributed by atoms with Crippen LogP contribution in [-0.2, 0) is 4.79 Å². The largest absolute Gasteiger partial charge is 0.364 e. The molecule has 0 saturated heterocycles. The zero-order valence-electron chi connectivity index (χ0n) is 14.4. The van der Waals surface area contributed by atoms with Gasteiger partial charge in [0.25, 0.3) is 5.91 Å². The first-order chi connectivity index (χ1) is 12.5. The van der Waals surface area contributed by atoms with Crippen molar-refractivity contribution in [1.82, 2.24) is 15.0 Å². The van der Waals surface area contributed by atoms with Gasteiger partial charge in [0, 0.05) is 29.9 Å². The number of hydrogen-bond acceptors (Lipinski definition) is 8. The molecule has 2 aromatic rings. The van der Waals surface area contributed by atoms with Crippen LogP contribution < -0.4 is 21.9 Å². The van der Waals surface area contributed by atoms with E-state index in [2.05, 4.69) is 20.3 Å². The number of primary amides is 1. The lowest BCUT2D eigenvalue weighted by Crippen LogP contribution is -2.40. The van der Waals surface area contributed by atoms with E-state index in [0.29, 0.717) is 11.7 Å². The van der Waals surface area contributed by atoms with Crippen LogP contribution in [0.2, 0.25) is 0 Å². The van der Waals surface area contributed by atoms with Crippen LogP contribution in [0.5, 0.6) is 0 Å². The van der Waals surface area contributed by atoms with E-state index < -0.39 is 5.91 Å². The first-order valence-corrected chi connectivity index (χ1v) is 8.37. The molecule has 0 spiro atoms. The summed E-state index contributed by atoms with van der Waals surface area (Å²) in [7, 11) is 0. The van der Waals surface area contributed by atoms with Crippen LogP contribution in [-0.4, -0.2) is 33.2 Å². The van der Waals surface area contributed by atoms with E-state index in [4.69, 9.17) is 11.6 Å². The molecule has 136 valence electrons. The number of aromatic nitrogens is 3. The van der Waals surface area contributed by atoms with Crippen LogP contribution in [0.25, 0.3) is 0 Å². The number of rotatable bonds is 8. The summed E-state index contributed by atoms with van der Waals surface area (Å²) in [5.74, 6) is 6.32. The minimum absolute atomic E-state index is 0.00924. The van der Waals surface area contributed by atoms with E-state index in [1.54, 1.807) is 19.2 Å². The van der Waals surface area contributed by atoms with Gasteiger partial charge in [0.05, 0.1) is 12.2 Å². The molecule has 9 nitrogen and oxygen atoms in total. The Morgan fingerprint density at radius 1 is 1.46 bits per heavy atom. The average Bonchev–Trinajstić information content (AvgIpc) is 3.46. The van der Waals surface area contributed by atoms with E-state index in [1.807, 2.05) is 6.07 Å². The van der Waals surface area contributed by atoms with Crippen molar-refractivity contribution in [2.24, 2.45) is 11.6 Å². The number of nitrogens with one attached hydrogen (secondary N) is 1. The fourth-order valence-corrected chi connectivity index (χ4v) is 2.52. The SMILES string of the molecule is C[C@H](CC=O)N(N)c1cnc(C(N)=O)c(Nc2ccnc(C3CC3)c2)n1. The van der Waals surface area contributed by atoms with Gasteiger partial charge < -0.3 is 15.8 Å². The number of nitrogens with two attached hydrogens (primary N) is 2. The second-order valence-corrected chi connectivity index (χ2v) is 6.32. The van der Waals surface area contributed by atoms with Crippen molar-refractivity contribution >= 4 is 29.5 Å². The Morgan fingerprint density at radius 3 is 2.88 bits per heavy atom. The standard InChI is InChI=1S/C17H21N7O2/c1-10(5-7-25)24(19)14-9-21-15(16(18)26)17(23-14)22-12-4-6-20-13(8-12)11-2-3-11/h4,6-11H,2-3,5,19H2,1H3,(H2,18,26)(H,20,22,23)/t10-/m1/s1. The number of aldehydes is 1.